The van der Waals surface area contributed by atoms with E-state index in [1.54, 1.807) is 26.0 Å². The van der Waals surface area contributed by atoms with E-state index in [1.165, 1.54) is 12.1 Å². The second kappa shape index (κ2) is 5.67. The van der Waals surface area contributed by atoms with Crippen molar-refractivity contribution in [1.82, 2.24) is 4.72 Å². The van der Waals surface area contributed by atoms with Crippen molar-refractivity contribution in [2.24, 2.45) is 0 Å². The van der Waals surface area contributed by atoms with Crippen molar-refractivity contribution >= 4 is 26.0 Å². The molecule has 2 aromatic rings. The van der Waals surface area contributed by atoms with Gasteiger partial charge in [0, 0.05) is 0 Å². The Hall–Kier alpha value is -1.18. The molecule has 1 N–H and O–H groups in total. The predicted octanol–water partition coefficient (Wildman–Crippen LogP) is 3.53. The highest BCUT2D eigenvalue weighted by atomic mass is 79.9. The standard InChI is InChI=1S/C13H13BrFNO3S/c1-8-3-6-13(19-8)9(2)16-20(17,18)10-4-5-11(14)12(15)7-10/h3-7,9,16H,1-2H3. The van der Waals surface area contributed by atoms with Gasteiger partial charge in [0.15, 0.2) is 0 Å². The molecular formula is C13H13BrFNO3S. The molecule has 2 rings (SSSR count). The molecule has 0 spiro atoms. The maximum Gasteiger partial charge on any atom is 0.241 e. The minimum Gasteiger partial charge on any atom is -0.465 e. The Kier molecular flexibility index (Phi) is 4.31. The van der Waals surface area contributed by atoms with Crippen molar-refractivity contribution in [3.05, 3.63) is 52.1 Å². The topological polar surface area (TPSA) is 59.3 Å². The van der Waals surface area contributed by atoms with Gasteiger partial charge < -0.3 is 4.42 Å². The largest absolute Gasteiger partial charge is 0.465 e. The van der Waals surface area contributed by atoms with E-state index in [9.17, 15) is 12.8 Å². The van der Waals surface area contributed by atoms with Crippen molar-refractivity contribution in [2.45, 2.75) is 24.8 Å². The maximum absolute atomic E-state index is 13.4. The van der Waals surface area contributed by atoms with Gasteiger partial charge in [0.05, 0.1) is 15.4 Å². The number of nitrogens with one attached hydrogen (secondary N) is 1. The summed E-state index contributed by atoms with van der Waals surface area (Å²) in [5, 5.41) is 0. The Morgan fingerprint density at radius 1 is 1.30 bits per heavy atom. The summed E-state index contributed by atoms with van der Waals surface area (Å²) in [4.78, 5) is -0.131. The molecule has 0 aliphatic carbocycles. The van der Waals surface area contributed by atoms with Gasteiger partial charge in [-0.25, -0.2) is 17.5 Å². The van der Waals surface area contributed by atoms with E-state index in [4.69, 9.17) is 4.42 Å². The van der Waals surface area contributed by atoms with Crippen molar-refractivity contribution in [3.8, 4) is 0 Å². The van der Waals surface area contributed by atoms with E-state index in [0.29, 0.717) is 11.5 Å². The zero-order chi connectivity index (χ0) is 14.9. The predicted molar refractivity (Wildman–Crippen MR) is 76.3 cm³/mol. The van der Waals surface area contributed by atoms with Crippen LogP contribution in [-0.4, -0.2) is 8.42 Å². The molecule has 0 aliphatic heterocycles. The van der Waals surface area contributed by atoms with Gasteiger partial charge >= 0.3 is 0 Å². The molecule has 1 atom stereocenters. The summed E-state index contributed by atoms with van der Waals surface area (Å²) < 4.78 is 45.7. The first-order valence-electron chi connectivity index (χ1n) is 5.83. The molecule has 4 nitrogen and oxygen atoms in total. The Morgan fingerprint density at radius 3 is 2.55 bits per heavy atom. The average molecular weight is 362 g/mol. The first kappa shape index (κ1) is 15.2. The normalized spacial score (nSPS) is 13.4. The summed E-state index contributed by atoms with van der Waals surface area (Å²) in [6.45, 7) is 3.43. The molecule has 108 valence electrons. The fourth-order valence-electron chi connectivity index (χ4n) is 1.69. The fourth-order valence-corrected chi connectivity index (χ4v) is 3.16. The van der Waals surface area contributed by atoms with Gasteiger partial charge in [0.25, 0.3) is 0 Å². The van der Waals surface area contributed by atoms with Crippen molar-refractivity contribution < 1.29 is 17.2 Å². The monoisotopic (exact) mass is 361 g/mol. The number of halogens is 2. The summed E-state index contributed by atoms with van der Waals surface area (Å²) in [7, 11) is -3.81. The molecule has 1 aromatic carbocycles. The molecule has 1 aromatic heterocycles. The Morgan fingerprint density at radius 2 is 2.00 bits per heavy atom. The number of hydrogen-bond donors (Lipinski definition) is 1. The van der Waals surface area contributed by atoms with Crippen LogP contribution in [-0.2, 0) is 10.0 Å². The molecule has 20 heavy (non-hydrogen) atoms. The zero-order valence-corrected chi connectivity index (χ0v) is 13.3. The van der Waals surface area contributed by atoms with Crippen molar-refractivity contribution in [2.75, 3.05) is 0 Å². The van der Waals surface area contributed by atoms with Crippen LogP contribution in [0, 0.1) is 12.7 Å². The summed E-state index contributed by atoms with van der Waals surface area (Å²) in [5.74, 6) is 0.568. The van der Waals surface area contributed by atoms with Crippen LogP contribution < -0.4 is 4.72 Å². The third-order valence-corrected chi connectivity index (χ3v) is 4.90. The molecule has 0 aliphatic rings. The quantitative estimate of drug-likeness (QED) is 0.905. The molecule has 0 amide bonds. The molecular weight excluding hydrogens is 349 g/mol. The van der Waals surface area contributed by atoms with Gasteiger partial charge in [-0.3, -0.25) is 0 Å². The lowest BCUT2D eigenvalue weighted by Gasteiger charge is -2.12. The number of furan rings is 1. The molecule has 1 unspecified atom stereocenters. The van der Waals surface area contributed by atoms with Crippen LogP contribution in [0.15, 0.2) is 44.1 Å². The molecule has 7 heteroatoms. The van der Waals surface area contributed by atoms with Crippen LogP contribution in [0.2, 0.25) is 0 Å². The third-order valence-electron chi connectivity index (χ3n) is 2.72. The lowest BCUT2D eigenvalue weighted by Crippen LogP contribution is -2.26. The van der Waals surface area contributed by atoms with Crippen molar-refractivity contribution in [1.29, 1.82) is 0 Å². The number of rotatable bonds is 4. The SMILES string of the molecule is Cc1ccc(C(C)NS(=O)(=O)c2ccc(Br)c(F)c2)o1. The minimum atomic E-state index is -3.81. The number of benzene rings is 1. The maximum atomic E-state index is 13.4. The highest BCUT2D eigenvalue weighted by Crippen LogP contribution is 2.22. The van der Waals surface area contributed by atoms with E-state index in [2.05, 4.69) is 20.7 Å². The van der Waals surface area contributed by atoms with Crippen LogP contribution >= 0.6 is 15.9 Å². The smallest absolute Gasteiger partial charge is 0.241 e. The van der Waals surface area contributed by atoms with E-state index in [1.807, 2.05) is 0 Å². The summed E-state index contributed by atoms with van der Waals surface area (Å²) in [5.41, 5.74) is 0. The first-order chi connectivity index (χ1) is 9.29. The van der Waals surface area contributed by atoms with E-state index in [0.717, 1.165) is 6.07 Å². The van der Waals surface area contributed by atoms with Gasteiger partial charge in [-0.15, -0.1) is 0 Å². The fraction of sp³-hybridized carbons (Fsp3) is 0.231. The third kappa shape index (κ3) is 3.28. The molecule has 0 saturated heterocycles. The highest BCUT2D eigenvalue weighted by molar-refractivity contribution is 9.10. The molecule has 0 bridgehead atoms. The Labute approximate surface area is 125 Å². The molecule has 0 fully saturated rings. The summed E-state index contributed by atoms with van der Waals surface area (Å²) in [6, 6.07) is 6.55. The Bertz CT molecular complexity index is 727. The number of aryl methyl sites for hydroxylation is 1. The second-order valence-corrected chi connectivity index (χ2v) is 6.94. The number of sulfonamides is 1. The lowest BCUT2D eigenvalue weighted by molar-refractivity contribution is 0.441. The van der Waals surface area contributed by atoms with Crippen molar-refractivity contribution in [3.63, 3.8) is 0 Å². The van der Waals surface area contributed by atoms with E-state index in [-0.39, 0.29) is 9.37 Å². The molecule has 0 saturated carbocycles. The van der Waals surface area contributed by atoms with Crippen LogP contribution in [0.3, 0.4) is 0 Å². The highest BCUT2D eigenvalue weighted by Gasteiger charge is 2.21. The van der Waals surface area contributed by atoms with Gasteiger partial charge in [-0.05, 0) is 60.1 Å². The summed E-state index contributed by atoms with van der Waals surface area (Å²) >= 11 is 2.98. The number of hydrogen-bond acceptors (Lipinski definition) is 3. The molecule has 0 radical (unpaired) electrons. The van der Waals surface area contributed by atoms with Gasteiger partial charge in [0.1, 0.15) is 17.3 Å². The van der Waals surface area contributed by atoms with Gasteiger partial charge in [-0.1, -0.05) is 0 Å². The van der Waals surface area contributed by atoms with E-state index >= 15 is 0 Å². The Balaban J connectivity index is 2.24. The minimum absolute atomic E-state index is 0.131. The van der Waals surface area contributed by atoms with Crippen LogP contribution in [0.25, 0.3) is 0 Å². The van der Waals surface area contributed by atoms with Crippen LogP contribution in [0.5, 0.6) is 0 Å². The zero-order valence-electron chi connectivity index (χ0n) is 10.9. The van der Waals surface area contributed by atoms with Gasteiger partial charge in [-0.2, -0.15) is 0 Å². The van der Waals surface area contributed by atoms with Crippen LogP contribution in [0.1, 0.15) is 24.5 Å². The van der Waals surface area contributed by atoms with Crippen LogP contribution in [0.4, 0.5) is 4.39 Å². The average Bonchev–Trinajstić information content (AvgIpc) is 2.79. The first-order valence-corrected chi connectivity index (χ1v) is 8.11. The lowest BCUT2D eigenvalue weighted by atomic mass is 10.3. The second-order valence-electron chi connectivity index (χ2n) is 4.37. The van der Waals surface area contributed by atoms with Gasteiger partial charge in [0.2, 0.25) is 10.0 Å². The molecule has 1 heterocycles. The summed E-state index contributed by atoms with van der Waals surface area (Å²) in [6.07, 6.45) is 0. The van der Waals surface area contributed by atoms with E-state index < -0.39 is 21.9 Å².